The minimum Gasteiger partial charge on any atom is -0.330 e. The smallest absolute Gasteiger partial charge is 0.257 e. The summed E-state index contributed by atoms with van der Waals surface area (Å²) in [5.74, 6) is 0.122. The van der Waals surface area contributed by atoms with Gasteiger partial charge >= 0.3 is 0 Å². The molecule has 0 unspecified atom stereocenters. The highest BCUT2D eigenvalue weighted by Crippen LogP contribution is 2.32. The summed E-state index contributed by atoms with van der Waals surface area (Å²) >= 11 is 0. The van der Waals surface area contributed by atoms with Crippen LogP contribution >= 0.6 is 0 Å². The standard InChI is InChI=1S/C17H20N4O/c22-17(13-12-19-21-11-4-2-7-15(13)21)20-10-5-8-16(20)14-6-1-3-9-18-14/h1,3,6,9,12,16H,2,4-5,7-8,10-11H2/t16-/m1/s1. The number of carbonyl (C=O) groups excluding carboxylic acids is 1. The van der Waals surface area contributed by atoms with Gasteiger partial charge in [-0.1, -0.05) is 6.07 Å². The van der Waals surface area contributed by atoms with E-state index >= 15 is 0 Å². The predicted octanol–water partition coefficient (Wildman–Crippen LogP) is 2.59. The molecule has 2 aliphatic rings. The number of pyridine rings is 1. The largest absolute Gasteiger partial charge is 0.330 e. The zero-order chi connectivity index (χ0) is 14.9. The average Bonchev–Trinajstić information content (AvgIpc) is 3.22. The Morgan fingerprint density at radius 3 is 3.00 bits per heavy atom. The Hall–Kier alpha value is -2.17. The first kappa shape index (κ1) is 13.5. The lowest BCUT2D eigenvalue weighted by Gasteiger charge is -2.25. The van der Waals surface area contributed by atoms with Crippen LogP contribution in [-0.4, -0.2) is 32.1 Å². The molecule has 4 rings (SSSR count). The van der Waals surface area contributed by atoms with Crippen molar-refractivity contribution in [1.29, 1.82) is 0 Å². The van der Waals surface area contributed by atoms with Gasteiger partial charge in [0.2, 0.25) is 0 Å². The third kappa shape index (κ3) is 2.21. The van der Waals surface area contributed by atoms with Gasteiger partial charge in [-0.05, 0) is 44.2 Å². The summed E-state index contributed by atoms with van der Waals surface area (Å²) in [6, 6.07) is 6.03. The van der Waals surface area contributed by atoms with Gasteiger partial charge in [0.25, 0.3) is 5.91 Å². The maximum Gasteiger partial charge on any atom is 0.257 e. The van der Waals surface area contributed by atoms with Crippen molar-refractivity contribution < 1.29 is 4.79 Å². The van der Waals surface area contributed by atoms with Crippen LogP contribution in [0.3, 0.4) is 0 Å². The molecule has 0 aromatic carbocycles. The summed E-state index contributed by atoms with van der Waals surface area (Å²) in [5, 5.41) is 4.40. The Morgan fingerprint density at radius 1 is 1.18 bits per heavy atom. The van der Waals surface area contributed by atoms with Gasteiger partial charge in [0.1, 0.15) is 0 Å². The van der Waals surface area contributed by atoms with E-state index in [1.807, 2.05) is 27.8 Å². The highest BCUT2D eigenvalue weighted by atomic mass is 16.2. The van der Waals surface area contributed by atoms with Crippen LogP contribution in [0.15, 0.2) is 30.6 Å². The van der Waals surface area contributed by atoms with Gasteiger partial charge in [0, 0.05) is 19.3 Å². The van der Waals surface area contributed by atoms with E-state index in [0.29, 0.717) is 0 Å². The van der Waals surface area contributed by atoms with Gasteiger partial charge in [-0.3, -0.25) is 14.5 Å². The molecule has 1 saturated heterocycles. The van der Waals surface area contributed by atoms with Crippen molar-refractivity contribution in [2.45, 2.75) is 44.7 Å². The van der Waals surface area contributed by atoms with E-state index in [2.05, 4.69) is 10.1 Å². The van der Waals surface area contributed by atoms with E-state index in [1.165, 1.54) is 0 Å². The summed E-state index contributed by atoms with van der Waals surface area (Å²) in [6.45, 7) is 1.75. The first-order chi connectivity index (χ1) is 10.8. The normalized spacial score (nSPS) is 20.9. The van der Waals surface area contributed by atoms with Crippen LogP contribution in [0.25, 0.3) is 0 Å². The lowest BCUT2D eigenvalue weighted by Crippen LogP contribution is -2.31. The second kappa shape index (κ2) is 5.55. The van der Waals surface area contributed by atoms with Crippen molar-refractivity contribution >= 4 is 5.91 Å². The number of nitrogens with zero attached hydrogens (tertiary/aromatic N) is 4. The molecule has 1 amide bonds. The van der Waals surface area contributed by atoms with E-state index in [-0.39, 0.29) is 11.9 Å². The Kier molecular flexibility index (Phi) is 3.41. The molecular weight excluding hydrogens is 276 g/mol. The van der Waals surface area contributed by atoms with Gasteiger partial charge in [-0.25, -0.2) is 0 Å². The van der Waals surface area contributed by atoms with Crippen molar-refractivity contribution in [3.63, 3.8) is 0 Å². The number of carbonyl (C=O) groups is 1. The molecule has 0 aliphatic carbocycles. The monoisotopic (exact) mass is 296 g/mol. The summed E-state index contributed by atoms with van der Waals surface area (Å²) in [5.41, 5.74) is 2.90. The zero-order valence-electron chi connectivity index (χ0n) is 12.6. The molecule has 0 N–H and O–H groups in total. The maximum atomic E-state index is 13.0. The first-order valence-electron chi connectivity index (χ1n) is 8.11. The molecule has 1 fully saturated rings. The Morgan fingerprint density at radius 2 is 2.14 bits per heavy atom. The zero-order valence-corrected chi connectivity index (χ0v) is 12.6. The number of hydrogen-bond acceptors (Lipinski definition) is 3. The quantitative estimate of drug-likeness (QED) is 0.856. The first-order valence-corrected chi connectivity index (χ1v) is 8.11. The van der Waals surface area contributed by atoms with E-state index in [4.69, 9.17) is 0 Å². The highest BCUT2D eigenvalue weighted by Gasteiger charge is 2.33. The molecule has 2 aliphatic heterocycles. The highest BCUT2D eigenvalue weighted by molar-refractivity contribution is 5.95. The van der Waals surface area contributed by atoms with Crippen molar-refractivity contribution in [2.75, 3.05) is 6.54 Å². The predicted molar refractivity (Wildman–Crippen MR) is 82.4 cm³/mol. The summed E-state index contributed by atoms with van der Waals surface area (Å²) in [6.07, 6.45) is 8.86. The second-order valence-electron chi connectivity index (χ2n) is 6.10. The van der Waals surface area contributed by atoms with Crippen LogP contribution in [0.4, 0.5) is 0 Å². The Labute approximate surface area is 130 Å². The Balaban J connectivity index is 1.63. The van der Waals surface area contributed by atoms with E-state index in [9.17, 15) is 4.79 Å². The number of aryl methyl sites for hydroxylation is 1. The molecule has 2 aromatic heterocycles. The fourth-order valence-corrected chi connectivity index (χ4v) is 3.64. The maximum absolute atomic E-state index is 13.0. The fourth-order valence-electron chi connectivity index (χ4n) is 3.64. The molecule has 5 nitrogen and oxygen atoms in total. The second-order valence-corrected chi connectivity index (χ2v) is 6.10. The van der Waals surface area contributed by atoms with E-state index in [1.54, 1.807) is 12.4 Å². The van der Waals surface area contributed by atoms with Crippen molar-refractivity contribution in [1.82, 2.24) is 19.7 Å². The van der Waals surface area contributed by atoms with Gasteiger partial charge in [0.05, 0.1) is 29.2 Å². The number of likely N-dealkylation sites (tertiary alicyclic amines) is 1. The number of hydrogen-bond donors (Lipinski definition) is 0. The van der Waals surface area contributed by atoms with Gasteiger partial charge < -0.3 is 4.90 Å². The molecule has 22 heavy (non-hydrogen) atoms. The number of rotatable bonds is 2. The molecule has 0 radical (unpaired) electrons. The topological polar surface area (TPSA) is 51.0 Å². The van der Waals surface area contributed by atoms with Crippen molar-refractivity contribution in [2.24, 2.45) is 0 Å². The average molecular weight is 296 g/mol. The summed E-state index contributed by atoms with van der Waals surface area (Å²) in [7, 11) is 0. The van der Waals surface area contributed by atoms with Gasteiger partial charge in [0.15, 0.2) is 0 Å². The van der Waals surface area contributed by atoms with Gasteiger partial charge in [-0.15, -0.1) is 0 Å². The number of aromatic nitrogens is 3. The lowest BCUT2D eigenvalue weighted by molar-refractivity contribution is 0.0731. The van der Waals surface area contributed by atoms with Gasteiger partial charge in [-0.2, -0.15) is 5.10 Å². The SMILES string of the molecule is O=C(c1cnn2c1CCCC2)N1CCC[C@@H]1c1ccccn1. The van der Waals surface area contributed by atoms with E-state index in [0.717, 1.165) is 62.1 Å². The summed E-state index contributed by atoms with van der Waals surface area (Å²) < 4.78 is 2.00. The van der Waals surface area contributed by atoms with Crippen LogP contribution < -0.4 is 0 Å². The molecule has 0 saturated carbocycles. The lowest BCUT2D eigenvalue weighted by atomic mass is 10.1. The molecular formula is C17H20N4O. The molecule has 5 heteroatoms. The van der Waals surface area contributed by atoms with Crippen LogP contribution in [0.5, 0.6) is 0 Å². The van der Waals surface area contributed by atoms with Crippen LogP contribution in [0.1, 0.15) is 53.5 Å². The third-order valence-corrected chi connectivity index (χ3v) is 4.76. The third-order valence-electron chi connectivity index (χ3n) is 4.76. The number of fused-ring (bicyclic) bond motifs is 1. The summed E-state index contributed by atoms with van der Waals surface area (Å²) in [4.78, 5) is 19.4. The minimum atomic E-state index is 0.104. The van der Waals surface area contributed by atoms with Crippen LogP contribution in [-0.2, 0) is 13.0 Å². The molecule has 4 heterocycles. The Bertz CT molecular complexity index is 679. The minimum absolute atomic E-state index is 0.104. The van der Waals surface area contributed by atoms with Crippen molar-refractivity contribution in [3.8, 4) is 0 Å². The molecule has 0 bridgehead atoms. The molecule has 0 spiro atoms. The fraction of sp³-hybridized carbons (Fsp3) is 0.471. The molecule has 1 atom stereocenters. The van der Waals surface area contributed by atoms with Crippen LogP contribution in [0.2, 0.25) is 0 Å². The number of amides is 1. The molecule has 2 aromatic rings. The van der Waals surface area contributed by atoms with Crippen molar-refractivity contribution in [3.05, 3.63) is 47.5 Å². The van der Waals surface area contributed by atoms with E-state index < -0.39 is 0 Å². The molecule has 114 valence electrons. The van der Waals surface area contributed by atoms with Crippen LogP contribution in [0, 0.1) is 0 Å².